The predicted octanol–water partition coefficient (Wildman–Crippen LogP) is 5.97. The van der Waals surface area contributed by atoms with Crippen molar-refractivity contribution in [2.75, 3.05) is 10.6 Å². The number of pyridine rings is 1. The van der Waals surface area contributed by atoms with Crippen molar-refractivity contribution in [2.24, 2.45) is 0 Å². The van der Waals surface area contributed by atoms with Gasteiger partial charge in [-0.15, -0.1) is 11.8 Å². The molecule has 1 amide bonds. The van der Waals surface area contributed by atoms with E-state index in [2.05, 4.69) is 20.8 Å². The molecule has 156 valence electrons. The average molecular weight is 431 g/mol. The lowest BCUT2D eigenvalue weighted by atomic mass is 10.2. The number of carbonyl (C=O) groups is 1. The third-order valence-electron chi connectivity index (χ3n) is 4.76. The Bertz CT molecular complexity index is 1150. The molecule has 0 fully saturated rings. The van der Waals surface area contributed by atoms with Crippen LogP contribution in [0.5, 0.6) is 0 Å². The van der Waals surface area contributed by atoms with Gasteiger partial charge in [-0.05, 0) is 62.4 Å². The van der Waals surface area contributed by atoms with Crippen LogP contribution in [-0.2, 0) is 5.75 Å². The predicted molar refractivity (Wildman–Crippen MR) is 124 cm³/mol. The molecule has 6 nitrogen and oxygen atoms in total. The van der Waals surface area contributed by atoms with Gasteiger partial charge in [-0.1, -0.05) is 23.4 Å². The van der Waals surface area contributed by atoms with Gasteiger partial charge in [-0.2, -0.15) is 0 Å². The van der Waals surface area contributed by atoms with Crippen molar-refractivity contribution in [1.82, 2.24) is 10.1 Å². The van der Waals surface area contributed by atoms with E-state index in [-0.39, 0.29) is 5.91 Å². The van der Waals surface area contributed by atoms with Crippen LogP contribution in [0.1, 0.15) is 27.4 Å². The van der Waals surface area contributed by atoms with Crippen LogP contribution in [0.15, 0.2) is 82.5 Å². The molecule has 0 radical (unpaired) electrons. The second kappa shape index (κ2) is 9.49. The third kappa shape index (κ3) is 5.13. The van der Waals surface area contributed by atoms with Crippen LogP contribution in [0.3, 0.4) is 0 Å². The number of anilines is 3. The molecule has 2 aromatic carbocycles. The number of aryl methyl sites for hydroxylation is 2. The van der Waals surface area contributed by atoms with E-state index in [1.807, 2.05) is 68.4 Å². The number of rotatable bonds is 7. The van der Waals surface area contributed by atoms with Gasteiger partial charge in [-0.25, -0.2) is 4.98 Å². The van der Waals surface area contributed by atoms with E-state index in [1.54, 1.807) is 18.3 Å². The molecule has 0 bridgehead atoms. The molecule has 0 aliphatic rings. The van der Waals surface area contributed by atoms with Gasteiger partial charge in [0.1, 0.15) is 10.8 Å². The molecule has 0 spiro atoms. The summed E-state index contributed by atoms with van der Waals surface area (Å²) in [5, 5.41) is 10.9. The highest BCUT2D eigenvalue weighted by molar-refractivity contribution is 7.98. The smallest absolute Gasteiger partial charge is 0.258 e. The number of hydrogen-bond donors (Lipinski definition) is 2. The molecule has 0 unspecified atom stereocenters. The first-order valence-electron chi connectivity index (χ1n) is 9.83. The summed E-state index contributed by atoms with van der Waals surface area (Å²) in [6.45, 7) is 3.80. The summed E-state index contributed by atoms with van der Waals surface area (Å²) in [4.78, 5) is 17.3. The molecule has 0 saturated carbocycles. The standard InChI is InChI=1S/C24H22N4O2S/c1-16-22(17(2)30-28-16)15-31-24-21(9-6-14-25-24)23(29)27-20-12-10-19(11-13-20)26-18-7-4-3-5-8-18/h3-14,26H,15H2,1-2H3,(H,27,29). The van der Waals surface area contributed by atoms with Gasteiger partial charge in [-0.3, -0.25) is 4.79 Å². The zero-order chi connectivity index (χ0) is 21.6. The lowest BCUT2D eigenvalue weighted by Crippen LogP contribution is -2.13. The lowest BCUT2D eigenvalue weighted by Gasteiger charge is -2.10. The van der Waals surface area contributed by atoms with Crippen LogP contribution in [0, 0.1) is 13.8 Å². The highest BCUT2D eigenvalue weighted by Gasteiger charge is 2.15. The van der Waals surface area contributed by atoms with E-state index < -0.39 is 0 Å². The second-order valence-corrected chi connectivity index (χ2v) is 7.93. The molecule has 31 heavy (non-hydrogen) atoms. The van der Waals surface area contributed by atoms with Gasteiger partial charge < -0.3 is 15.2 Å². The lowest BCUT2D eigenvalue weighted by molar-refractivity contribution is 0.102. The van der Waals surface area contributed by atoms with Crippen LogP contribution in [-0.4, -0.2) is 16.0 Å². The Morgan fingerprint density at radius 2 is 1.65 bits per heavy atom. The summed E-state index contributed by atoms with van der Waals surface area (Å²) in [7, 11) is 0. The Kier molecular flexibility index (Phi) is 6.33. The minimum Gasteiger partial charge on any atom is -0.361 e. The van der Waals surface area contributed by atoms with E-state index in [0.29, 0.717) is 22.0 Å². The van der Waals surface area contributed by atoms with Crippen molar-refractivity contribution >= 4 is 34.7 Å². The maximum atomic E-state index is 12.9. The first-order chi connectivity index (χ1) is 15.1. The largest absolute Gasteiger partial charge is 0.361 e. The van der Waals surface area contributed by atoms with Gasteiger partial charge in [0.15, 0.2) is 0 Å². The summed E-state index contributed by atoms with van der Waals surface area (Å²) in [6, 6.07) is 21.1. The van der Waals surface area contributed by atoms with Crippen molar-refractivity contribution in [2.45, 2.75) is 24.6 Å². The maximum absolute atomic E-state index is 12.9. The number of nitrogens with zero attached hydrogens (tertiary/aromatic N) is 2. The van der Waals surface area contributed by atoms with Crippen molar-refractivity contribution in [3.63, 3.8) is 0 Å². The topological polar surface area (TPSA) is 80.0 Å². The van der Waals surface area contributed by atoms with Gasteiger partial charge in [0, 0.05) is 34.6 Å². The van der Waals surface area contributed by atoms with E-state index in [0.717, 1.165) is 28.4 Å². The molecular formula is C24H22N4O2S. The highest BCUT2D eigenvalue weighted by atomic mass is 32.2. The van der Waals surface area contributed by atoms with E-state index in [1.165, 1.54) is 11.8 Å². The number of amides is 1. The second-order valence-electron chi connectivity index (χ2n) is 6.97. The Morgan fingerprint density at radius 1 is 0.935 bits per heavy atom. The van der Waals surface area contributed by atoms with Crippen LogP contribution >= 0.6 is 11.8 Å². The fourth-order valence-corrected chi connectivity index (χ4v) is 4.20. The van der Waals surface area contributed by atoms with Crippen LogP contribution < -0.4 is 10.6 Å². The fraction of sp³-hybridized carbons (Fsp3) is 0.125. The summed E-state index contributed by atoms with van der Waals surface area (Å²) in [5.41, 5.74) is 5.09. The van der Waals surface area contributed by atoms with E-state index >= 15 is 0 Å². The van der Waals surface area contributed by atoms with E-state index in [9.17, 15) is 4.79 Å². The molecule has 0 aliphatic carbocycles. The van der Waals surface area contributed by atoms with Gasteiger partial charge in [0.05, 0.1) is 11.3 Å². The first kappa shape index (κ1) is 20.7. The summed E-state index contributed by atoms with van der Waals surface area (Å²) in [5.74, 6) is 1.23. The zero-order valence-electron chi connectivity index (χ0n) is 17.3. The SMILES string of the molecule is Cc1noc(C)c1CSc1ncccc1C(=O)Nc1ccc(Nc2ccccc2)cc1. The molecule has 2 N–H and O–H groups in total. The van der Waals surface area contributed by atoms with Crippen molar-refractivity contribution in [1.29, 1.82) is 0 Å². The number of hydrogen-bond acceptors (Lipinski definition) is 6. The number of benzene rings is 2. The molecule has 0 atom stereocenters. The molecule has 7 heteroatoms. The quantitative estimate of drug-likeness (QED) is 0.351. The van der Waals surface area contributed by atoms with Crippen LogP contribution in [0.25, 0.3) is 0 Å². The summed E-state index contributed by atoms with van der Waals surface area (Å²) in [6.07, 6.45) is 1.69. The fourth-order valence-electron chi connectivity index (χ4n) is 3.05. The Balaban J connectivity index is 1.43. The molecule has 4 rings (SSSR count). The Morgan fingerprint density at radius 3 is 2.35 bits per heavy atom. The molecular weight excluding hydrogens is 408 g/mol. The molecule has 0 saturated heterocycles. The molecule has 4 aromatic rings. The van der Waals surface area contributed by atoms with Crippen molar-refractivity contribution < 1.29 is 9.32 Å². The van der Waals surface area contributed by atoms with Crippen LogP contribution in [0.2, 0.25) is 0 Å². The van der Waals surface area contributed by atoms with Crippen molar-refractivity contribution in [3.8, 4) is 0 Å². The monoisotopic (exact) mass is 430 g/mol. The Hall–Kier alpha value is -3.58. The van der Waals surface area contributed by atoms with Crippen molar-refractivity contribution in [3.05, 3.63) is 95.5 Å². The minimum atomic E-state index is -0.196. The molecule has 0 aliphatic heterocycles. The molecule has 2 aromatic heterocycles. The third-order valence-corrected chi connectivity index (χ3v) is 5.79. The summed E-state index contributed by atoms with van der Waals surface area (Å²) >= 11 is 1.49. The number of para-hydroxylation sites is 1. The normalized spacial score (nSPS) is 10.6. The number of thioether (sulfide) groups is 1. The van der Waals surface area contributed by atoms with Crippen LogP contribution in [0.4, 0.5) is 17.1 Å². The average Bonchev–Trinajstić information content (AvgIpc) is 3.12. The van der Waals surface area contributed by atoms with Gasteiger partial charge in [0.25, 0.3) is 5.91 Å². The van der Waals surface area contributed by atoms with Gasteiger partial charge >= 0.3 is 0 Å². The molecule has 2 heterocycles. The zero-order valence-corrected chi connectivity index (χ0v) is 18.1. The first-order valence-corrected chi connectivity index (χ1v) is 10.8. The maximum Gasteiger partial charge on any atom is 0.258 e. The number of nitrogens with one attached hydrogen (secondary N) is 2. The minimum absolute atomic E-state index is 0.196. The van der Waals surface area contributed by atoms with Gasteiger partial charge in [0.2, 0.25) is 0 Å². The number of carbonyl (C=O) groups excluding carboxylic acids is 1. The Labute approximate surface area is 185 Å². The highest BCUT2D eigenvalue weighted by Crippen LogP contribution is 2.28. The summed E-state index contributed by atoms with van der Waals surface area (Å²) < 4.78 is 5.22. The number of aromatic nitrogens is 2. The van der Waals surface area contributed by atoms with E-state index in [4.69, 9.17) is 4.52 Å².